The van der Waals surface area contributed by atoms with Crippen molar-refractivity contribution in [2.45, 2.75) is 12.0 Å². The third kappa shape index (κ3) is 3.64. The van der Waals surface area contributed by atoms with E-state index in [1.54, 1.807) is 48.5 Å². The third-order valence-corrected chi connectivity index (χ3v) is 3.85. The summed E-state index contributed by atoms with van der Waals surface area (Å²) in [5.74, 6) is -1.33. The van der Waals surface area contributed by atoms with Crippen LogP contribution in [-0.2, 0) is 10.4 Å². The molecular formula is C19H22N2O3. The van der Waals surface area contributed by atoms with Gasteiger partial charge in [-0.3, -0.25) is 0 Å². The van der Waals surface area contributed by atoms with Crippen LogP contribution >= 0.6 is 0 Å². The van der Waals surface area contributed by atoms with E-state index in [0.717, 1.165) is 12.0 Å². The fourth-order valence-corrected chi connectivity index (χ4v) is 2.47. The van der Waals surface area contributed by atoms with Gasteiger partial charge in [-0.1, -0.05) is 55.1 Å². The monoisotopic (exact) mass is 326 g/mol. The molecule has 1 unspecified atom stereocenters. The molecule has 0 radical (unpaired) electrons. The Balaban J connectivity index is 2.37. The first-order chi connectivity index (χ1) is 11.5. The summed E-state index contributed by atoms with van der Waals surface area (Å²) in [5, 5.41) is 23.7. The zero-order valence-corrected chi connectivity index (χ0v) is 13.4. The number of hydrogen-bond donors (Lipinski definition) is 4. The number of carbonyl (C=O) groups is 1. The van der Waals surface area contributed by atoms with E-state index in [2.05, 4.69) is 11.9 Å². The summed E-state index contributed by atoms with van der Waals surface area (Å²) in [7, 11) is 0. The fourth-order valence-electron chi connectivity index (χ4n) is 2.47. The lowest BCUT2D eigenvalue weighted by atomic mass is 9.85. The normalized spacial score (nSPS) is 13.1. The first kappa shape index (κ1) is 17.7. The van der Waals surface area contributed by atoms with Gasteiger partial charge in [0.25, 0.3) is 0 Å². The largest absolute Gasteiger partial charge is 0.479 e. The molecule has 24 heavy (non-hydrogen) atoms. The molecule has 0 aliphatic heterocycles. The Morgan fingerprint density at radius 2 is 1.79 bits per heavy atom. The highest BCUT2D eigenvalue weighted by molar-refractivity contribution is 5.84. The Morgan fingerprint density at radius 3 is 2.42 bits per heavy atom. The Hall–Kier alpha value is -2.63. The predicted octanol–water partition coefficient (Wildman–Crippen LogP) is 1.92. The highest BCUT2D eigenvalue weighted by atomic mass is 16.4. The van der Waals surface area contributed by atoms with Crippen LogP contribution in [0.1, 0.15) is 23.1 Å². The number of aliphatic carboxylic acids is 1. The van der Waals surface area contributed by atoms with Crippen LogP contribution < -0.4 is 11.1 Å². The molecule has 0 aromatic heterocycles. The van der Waals surface area contributed by atoms with Gasteiger partial charge >= 0.3 is 5.97 Å². The maximum atomic E-state index is 11.8. The fraction of sp³-hybridized carbons (Fsp3) is 0.211. The van der Waals surface area contributed by atoms with Crippen LogP contribution in [0.2, 0.25) is 0 Å². The summed E-state index contributed by atoms with van der Waals surface area (Å²) in [5.41, 5.74) is 5.31. The number of carboxylic acid groups (broad SMARTS) is 1. The number of benzene rings is 2. The van der Waals surface area contributed by atoms with Crippen molar-refractivity contribution in [2.75, 3.05) is 13.1 Å². The van der Waals surface area contributed by atoms with Gasteiger partial charge in [-0.25, -0.2) is 4.79 Å². The Morgan fingerprint density at radius 1 is 1.12 bits per heavy atom. The van der Waals surface area contributed by atoms with Crippen molar-refractivity contribution in [1.29, 1.82) is 0 Å². The van der Waals surface area contributed by atoms with Gasteiger partial charge < -0.3 is 21.3 Å². The van der Waals surface area contributed by atoms with E-state index in [4.69, 9.17) is 5.73 Å². The number of rotatable bonds is 8. The summed E-state index contributed by atoms with van der Waals surface area (Å²) in [6.45, 7) is 5.22. The molecule has 0 aliphatic carbocycles. The first-order valence-corrected chi connectivity index (χ1v) is 7.75. The van der Waals surface area contributed by atoms with E-state index in [-0.39, 0.29) is 5.56 Å². The van der Waals surface area contributed by atoms with Crippen LogP contribution in [0.5, 0.6) is 0 Å². The van der Waals surface area contributed by atoms with Gasteiger partial charge in [-0.2, -0.15) is 0 Å². The molecule has 1 atom stereocenters. The molecule has 0 aliphatic rings. The number of hydrogen-bond acceptors (Lipinski definition) is 4. The lowest BCUT2D eigenvalue weighted by molar-refractivity contribution is -0.155. The minimum atomic E-state index is -2.12. The van der Waals surface area contributed by atoms with Gasteiger partial charge in [-0.05, 0) is 30.2 Å². The maximum absolute atomic E-state index is 11.8. The highest BCUT2D eigenvalue weighted by Crippen LogP contribution is 2.31. The van der Waals surface area contributed by atoms with Crippen LogP contribution in [0.15, 0.2) is 61.2 Å². The van der Waals surface area contributed by atoms with Crippen molar-refractivity contribution in [2.24, 2.45) is 5.73 Å². The van der Waals surface area contributed by atoms with Gasteiger partial charge in [0.05, 0.1) is 0 Å². The summed E-state index contributed by atoms with van der Waals surface area (Å²) in [4.78, 5) is 11.8. The summed E-state index contributed by atoms with van der Waals surface area (Å²) in [6, 6.07) is 15.1. The summed E-state index contributed by atoms with van der Waals surface area (Å²) < 4.78 is 0. The summed E-state index contributed by atoms with van der Waals surface area (Å²) >= 11 is 0. The molecular weight excluding hydrogens is 304 g/mol. The van der Waals surface area contributed by atoms with E-state index in [0.29, 0.717) is 24.4 Å². The topological polar surface area (TPSA) is 95.6 Å². The van der Waals surface area contributed by atoms with Crippen molar-refractivity contribution < 1.29 is 15.0 Å². The average Bonchev–Trinajstić information content (AvgIpc) is 2.61. The second-order valence-corrected chi connectivity index (χ2v) is 5.51. The number of nitrogens with two attached hydrogens (primary N) is 1. The molecule has 126 valence electrons. The molecule has 0 amide bonds. The second-order valence-electron chi connectivity index (χ2n) is 5.51. The van der Waals surface area contributed by atoms with Gasteiger partial charge in [0.2, 0.25) is 5.60 Å². The second kappa shape index (κ2) is 7.77. The molecule has 2 aromatic rings. The van der Waals surface area contributed by atoms with Crippen LogP contribution in [-0.4, -0.2) is 29.3 Å². The Labute approximate surface area is 141 Å². The highest BCUT2D eigenvalue weighted by Gasteiger charge is 2.40. The summed E-state index contributed by atoms with van der Waals surface area (Å²) in [6.07, 6.45) is 0.807. The standard InChI is InChI=1S/C19H22N2O3/c1-14(21-12-6-11-20)15-7-5-10-17(13-15)19(24,18(22)23)16-8-3-2-4-9-16/h2-5,7-10,13,21,24H,1,6,11-12,20H2,(H,22,23). The number of aliphatic hydroxyl groups is 1. The number of nitrogens with one attached hydrogen (secondary N) is 1. The van der Waals surface area contributed by atoms with Crippen LogP contribution in [0.4, 0.5) is 0 Å². The van der Waals surface area contributed by atoms with E-state index in [1.165, 1.54) is 0 Å². The third-order valence-electron chi connectivity index (χ3n) is 3.85. The molecule has 0 bridgehead atoms. The van der Waals surface area contributed by atoms with Crippen LogP contribution in [0.3, 0.4) is 0 Å². The minimum absolute atomic E-state index is 0.278. The van der Waals surface area contributed by atoms with Gasteiger partial charge in [-0.15, -0.1) is 0 Å². The maximum Gasteiger partial charge on any atom is 0.345 e. The molecule has 5 nitrogen and oxygen atoms in total. The van der Waals surface area contributed by atoms with Crippen molar-refractivity contribution >= 4 is 11.7 Å². The number of carboxylic acids is 1. The molecule has 5 heteroatoms. The minimum Gasteiger partial charge on any atom is -0.479 e. The first-order valence-electron chi connectivity index (χ1n) is 7.75. The molecule has 0 spiro atoms. The quantitative estimate of drug-likeness (QED) is 0.556. The molecule has 5 N–H and O–H groups in total. The molecule has 0 fully saturated rings. The van der Waals surface area contributed by atoms with Crippen LogP contribution in [0, 0.1) is 0 Å². The average molecular weight is 326 g/mol. The van der Waals surface area contributed by atoms with E-state index in [1.807, 2.05) is 6.07 Å². The Bertz CT molecular complexity index is 716. The smallest absolute Gasteiger partial charge is 0.345 e. The molecule has 0 saturated heterocycles. The van der Waals surface area contributed by atoms with Gasteiger partial charge in [0.15, 0.2) is 0 Å². The zero-order chi connectivity index (χ0) is 17.6. The van der Waals surface area contributed by atoms with E-state index >= 15 is 0 Å². The van der Waals surface area contributed by atoms with E-state index in [9.17, 15) is 15.0 Å². The lowest BCUT2D eigenvalue weighted by Gasteiger charge is -2.25. The molecule has 0 saturated carbocycles. The zero-order valence-electron chi connectivity index (χ0n) is 13.4. The predicted molar refractivity (Wildman–Crippen MR) is 94.2 cm³/mol. The van der Waals surface area contributed by atoms with E-state index < -0.39 is 11.6 Å². The van der Waals surface area contributed by atoms with Crippen molar-refractivity contribution in [3.63, 3.8) is 0 Å². The molecule has 2 aromatic carbocycles. The van der Waals surface area contributed by atoms with Crippen molar-refractivity contribution in [3.05, 3.63) is 77.9 Å². The van der Waals surface area contributed by atoms with Crippen molar-refractivity contribution in [3.8, 4) is 0 Å². The van der Waals surface area contributed by atoms with Gasteiger partial charge in [0, 0.05) is 17.8 Å². The van der Waals surface area contributed by atoms with Crippen molar-refractivity contribution in [1.82, 2.24) is 5.32 Å². The van der Waals surface area contributed by atoms with Gasteiger partial charge in [0.1, 0.15) is 0 Å². The Kier molecular flexibility index (Phi) is 5.73. The molecule has 2 rings (SSSR count). The lowest BCUT2D eigenvalue weighted by Crippen LogP contribution is -2.36. The SMILES string of the molecule is C=C(NCCCN)c1cccc(C(O)(C(=O)O)c2ccccc2)c1. The molecule has 0 heterocycles. The van der Waals surface area contributed by atoms with Crippen LogP contribution in [0.25, 0.3) is 5.70 Å².